The molecule has 0 radical (unpaired) electrons. The van der Waals surface area contributed by atoms with Gasteiger partial charge in [0.25, 0.3) is 0 Å². The maximum absolute atomic E-state index is 10.2. The van der Waals surface area contributed by atoms with Gasteiger partial charge in [-0.15, -0.1) is 0 Å². The predicted octanol–water partition coefficient (Wildman–Crippen LogP) is 4.80. The zero-order valence-electron chi connectivity index (χ0n) is 13.7. The van der Waals surface area contributed by atoms with Gasteiger partial charge in [0, 0.05) is 22.6 Å². The van der Waals surface area contributed by atoms with Crippen molar-refractivity contribution in [1.29, 1.82) is 0 Å². The van der Waals surface area contributed by atoms with Crippen LogP contribution in [0.4, 0.5) is 0 Å². The molecule has 0 amide bonds. The molecule has 0 atom stereocenters. The van der Waals surface area contributed by atoms with Crippen molar-refractivity contribution >= 4 is 0 Å². The lowest BCUT2D eigenvalue weighted by Gasteiger charge is -2.27. The smallest absolute Gasteiger partial charge is 0.123 e. The zero-order valence-corrected chi connectivity index (χ0v) is 13.7. The van der Waals surface area contributed by atoms with Crippen LogP contribution in [0.5, 0.6) is 17.2 Å². The van der Waals surface area contributed by atoms with Gasteiger partial charge >= 0.3 is 0 Å². The van der Waals surface area contributed by atoms with Gasteiger partial charge < -0.3 is 15.3 Å². The quantitative estimate of drug-likeness (QED) is 0.650. The van der Waals surface area contributed by atoms with Crippen molar-refractivity contribution in [2.75, 3.05) is 0 Å². The monoisotopic (exact) mass is 320 g/mol. The van der Waals surface area contributed by atoms with Crippen LogP contribution < -0.4 is 0 Å². The lowest BCUT2D eigenvalue weighted by atomic mass is 9.77. The van der Waals surface area contributed by atoms with E-state index in [9.17, 15) is 15.3 Å². The minimum absolute atomic E-state index is 0.0303. The van der Waals surface area contributed by atoms with Gasteiger partial charge in [0.2, 0.25) is 0 Å². The molecule has 3 rings (SSSR count). The third-order valence-corrected chi connectivity index (χ3v) is 4.46. The Morgan fingerprint density at radius 1 is 0.708 bits per heavy atom. The molecular formula is C21H20O3. The normalized spacial score (nSPS) is 11.4. The largest absolute Gasteiger partial charge is 0.508 e. The molecule has 0 aliphatic heterocycles. The van der Waals surface area contributed by atoms with Gasteiger partial charge in [-0.25, -0.2) is 0 Å². The van der Waals surface area contributed by atoms with Gasteiger partial charge in [-0.3, -0.25) is 0 Å². The van der Waals surface area contributed by atoms with Crippen LogP contribution in [0.1, 0.15) is 25.0 Å². The summed E-state index contributed by atoms with van der Waals surface area (Å²) in [7, 11) is 0. The van der Waals surface area contributed by atoms with Gasteiger partial charge in [0.1, 0.15) is 17.2 Å². The fraction of sp³-hybridized carbons (Fsp3) is 0.143. The number of rotatable bonds is 3. The van der Waals surface area contributed by atoms with Crippen molar-refractivity contribution in [2.45, 2.75) is 19.3 Å². The first-order chi connectivity index (χ1) is 11.4. The molecular weight excluding hydrogens is 300 g/mol. The second-order valence-electron chi connectivity index (χ2n) is 6.42. The fourth-order valence-electron chi connectivity index (χ4n) is 2.98. The first-order valence-electron chi connectivity index (χ1n) is 7.81. The second-order valence-corrected chi connectivity index (χ2v) is 6.42. The van der Waals surface area contributed by atoms with E-state index in [0.29, 0.717) is 5.56 Å². The Bertz CT molecular complexity index is 868. The van der Waals surface area contributed by atoms with Crippen LogP contribution in [-0.2, 0) is 5.41 Å². The molecule has 3 aromatic carbocycles. The summed E-state index contributed by atoms with van der Waals surface area (Å²) in [5.41, 5.74) is 2.86. The average Bonchev–Trinajstić information content (AvgIpc) is 2.55. The highest BCUT2D eigenvalue weighted by Gasteiger charge is 2.27. The standard InChI is InChI=1S/C21H20O3/c1-21(2,18-10-9-16(22)13-20(18)24)15-8-11-19(23)17(12-15)14-6-4-3-5-7-14/h3-13,22-24H,1-2H3. The summed E-state index contributed by atoms with van der Waals surface area (Å²) in [4.78, 5) is 0. The van der Waals surface area contributed by atoms with Gasteiger partial charge in [0.05, 0.1) is 0 Å². The summed E-state index contributed by atoms with van der Waals surface area (Å²) in [5.74, 6) is 0.299. The summed E-state index contributed by atoms with van der Waals surface area (Å²) in [6.45, 7) is 4.00. The topological polar surface area (TPSA) is 60.7 Å². The molecule has 0 aliphatic carbocycles. The Morgan fingerprint density at radius 3 is 2.08 bits per heavy atom. The molecule has 0 saturated heterocycles. The van der Waals surface area contributed by atoms with Crippen LogP contribution in [0.15, 0.2) is 66.7 Å². The van der Waals surface area contributed by atoms with E-state index in [2.05, 4.69) is 0 Å². The Kier molecular flexibility index (Phi) is 3.94. The van der Waals surface area contributed by atoms with Crippen molar-refractivity contribution in [3.8, 4) is 28.4 Å². The van der Waals surface area contributed by atoms with E-state index in [4.69, 9.17) is 0 Å². The Labute approximate surface area is 141 Å². The predicted molar refractivity (Wildman–Crippen MR) is 95.4 cm³/mol. The van der Waals surface area contributed by atoms with Crippen molar-refractivity contribution in [2.24, 2.45) is 0 Å². The van der Waals surface area contributed by atoms with E-state index >= 15 is 0 Å². The minimum Gasteiger partial charge on any atom is -0.508 e. The number of benzene rings is 3. The molecule has 0 aliphatic rings. The molecule has 24 heavy (non-hydrogen) atoms. The number of phenols is 3. The lowest BCUT2D eigenvalue weighted by Crippen LogP contribution is -2.19. The van der Waals surface area contributed by atoms with Crippen molar-refractivity contribution in [3.05, 3.63) is 77.9 Å². The molecule has 0 unspecified atom stereocenters. The molecule has 3 N–H and O–H groups in total. The highest BCUT2D eigenvalue weighted by molar-refractivity contribution is 5.71. The minimum atomic E-state index is -0.491. The summed E-state index contributed by atoms with van der Waals surface area (Å²) in [6, 6.07) is 19.8. The molecule has 0 heterocycles. The summed E-state index contributed by atoms with van der Waals surface area (Å²) in [5, 5.41) is 30.0. The van der Waals surface area contributed by atoms with Gasteiger partial charge in [-0.05, 0) is 29.3 Å². The third kappa shape index (κ3) is 2.81. The number of hydrogen-bond acceptors (Lipinski definition) is 3. The van der Waals surface area contributed by atoms with Crippen LogP contribution in [0, 0.1) is 0 Å². The van der Waals surface area contributed by atoms with Crippen LogP contribution in [0.3, 0.4) is 0 Å². The van der Waals surface area contributed by atoms with E-state index in [1.807, 2.05) is 56.3 Å². The molecule has 3 aromatic rings. The maximum atomic E-state index is 10.2. The molecule has 0 bridgehead atoms. The van der Waals surface area contributed by atoms with Crippen LogP contribution in [-0.4, -0.2) is 15.3 Å². The van der Waals surface area contributed by atoms with E-state index in [0.717, 1.165) is 16.7 Å². The summed E-state index contributed by atoms with van der Waals surface area (Å²) >= 11 is 0. The van der Waals surface area contributed by atoms with Crippen LogP contribution in [0.2, 0.25) is 0 Å². The maximum Gasteiger partial charge on any atom is 0.123 e. The Morgan fingerprint density at radius 2 is 1.42 bits per heavy atom. The number of phenolic OH excluding ortho intramolecular Hbond substituents is 3. The fourth-order valence-corrected chi connectivity index (χ4v) is 2.98. The molecule has 122 valence electrons. The Balaban J connectivity index is 2.12. The van der Waals surface area contributed by atoms with Gasteiger partial charge in [-0.2, -0.15) is 0 Å². The highest BCUT2D eigenvalue weighted by Crippen LogP contribution is 2.41. The van der Waals surface area contributed by atoms with Gasteiger partial charge in [0.15, 0.2) is 0 Å². The second kappa shape index (κ2) is 5.93. The molecule has 0 spiro atoms. The molecule has 3 nitrogen and oxygen atoms in total. The highest BCUT2D eigenvalue weighted by atomic mass is 16.3. The van der Waals surface area contributed by atoms with Gasteiger partial charge in [-0.1, -0.05) is 56.3 Å². The third-order valence-electron chi connectivity index (χ3n) is 4.46. The first-order valence-corrected chi connectivity index (χ1v) is 7.81. The first kappa shape index (κ1) is 15.9. The number of aromatic hydroxyl groups is 3. The van der Waals surface area contributed by atoms with E-state index in [1.165, 1.54) is 6.07 Å². The molecule has 3 heteroatoms. The molecule has 0 aromatic heterocycles. The molecule has 0 saturated carbocycles. The zero-order chi connectivity index (χ0) is 17.3. The van der Waals surface area contributed by atoms with E-state index in [1.54, 1.807) is 18.2 Å². The average molecular weight is 320 g/mol. The van der Waals surface area contributed by atoms with E-state index in [-0.39, 0.29) is 17.2 Å². The van der Waals surface area contributed by atoms with Crippen LogP contribution in [0.25, 0.3) is 11.1 Å². The van der Waals surface area contributed by atoms with E-state index < -0.39 is 5.41 Å². The Hall–Kier alpha value is -2.94. The molecule has 0 fully saturated rings. The van der Waals surface area contributed by atoms with Crippen molar-refractivity contribution in [1.82, 2.24) is 0 Å². The summed E-state index contributed by atoms with van der Waals surface area (Å²) in [6.07, 6.45) is 0. The van der Waals surface area contributed by atoms with Crippen molar-refractivity contribution in [3.63, 3.8) is 0 Å². The van der Waals surface area contributed by atoms with Crippen molar-refractivity contribution < 1.29 is 15.3 Å². The lowest BCUT2D eigenvalue weighted by molar-refractivity contribution is 0.436. The number of hydrogen-bond donors (Lipinski definition) is 3. The SMILES string of the molecule is CC(C)(c1ccc(O)c(-c2ccccc2)c1)c1ccc(O)cc1O. The summed E-state index contributed by atoms with van der Waals surface area (Å²) < 4.78 is 0. The van der Waals surface area contributed by atoms with Crippen LogP contribution >= 0.6 is 0 Å².